The minimum Gasteiger partial charge on any atom is -0.486 e. The van der Waals surface area contributed by atoms with Crippen LogP contribution in [-0.2, 0) is 11.3 Å². The molecular formula is C16H24N2O3. The van der Waals surface area contributed by atoms with Crippen LogP contribution in [0, 0.1) is 5.41 Å². The third-order valence-corrected chi connectivity index (χ3v) is 3.60. The Kier molecular flexibility index (Phi) is 4.42. The lowest BCUT2D eigenvalue weighted by Gasteiger charge is -2.30. The molecule has 1 amide bonds. The number of fused-ring (bicyclic) bond motifs is 1. The van der Waals surface area contributed by atoms with Gasteiger partial charge in [0.15, 0.2) is 11.5 Å². The van der Waals surface area contributed by atoms with E-state index in [-0.39, 0.29) is 11.3 Å². The standard InChI is InChI=1S/C16H24N2O3/c1-16(2,3)14(17)15(19)18(4)10-11-5-6-12-13(9-11)21-8-7-20-12/h5-6,9,14H,7-8,10,17H2,1-4H3/t14-/m0/s1. The van der Waals surface area contributed by atoms with Crippen LogP contribution in [0.1, 0.15) is 26.3 Å². The van der Waals surface area contributed by atoms with Crippen LogP contribution in [0.3, 0.4) is 0 Å². The number of nitrogens with zero attached hydrogens (tertiary/aromatic N) is 1. The fourth-order valence-corrected chi connectivity index (χ4v) is 2.15. The molecular weight excluding hydrogens is 268 g/mol. The zero-order valence-corrected chi connectivity index (χ0v) is 13.2. The second-order valence-corrected chi connectivity index (χ2v) is 6.52. The molecule has 5 nitrogen and oxygen atoms in total. The highest BCUT2D eigenvalue weighted by Crippen LogP contribution is 2.31. The van der Waals surface area contributed by atoms with Gasteiger partial charge in [0.1, 0.15) is 13.2 Å². The van der Waals surface area contributed by atoms with Gasteiger partial charge in [-0.05, 0) is 23.1 Å². The highest BCUT2D eigenvalue weighted by atomic mass is 16.6. The first-order valence-electron chi connectivity index (χ1n) is 7.18. The largest absolute Gasteiger partial charge is 0.486 e. The molecule has 1 aromatic rings. The molecule has 1 aromatic carbocycles. The first-order chi connectivity index (χ1) is 9.79. The molecule has 21 heavy (non-hydrogen) atoms. The van der Waals surface area contributed by atoms with Gasteiger partial charge in [0, 0.05) is 13.6 Å². The lowest BCUT2D eigenvalue weighted by molar-refractivity contribution is -0.134. The van der Waals surface area contributed by atoms with E-state index in [2.05, 4.69) is 0 Å². The third-order valence-electron chi connectivity index (χ3n) is 3.60. The minimum atomic E-state index is -0.514. The van der Waals surface area contributed by atoms with Crippen LogP contribution >= 0.6 is 0 Å². The highest BCUT2D eigenvalue weighted by Gasteiger charge is 2.29. The second-order valence-electron chi connectivity index (χ2n) is 6.52. The molecule has 0 saturated heterocycles. The van der Waals surface area contributed by atoms with Crippen molar-refractivity contribution in [3.8, 4) is 11.5 Å². The fourth-order valence-electron chi connectivity index (χ4n) is 2.15. The van der Waals surface area contributed by atoms with Crippen molar-refractivity contribution in [3.63, 3.8) is 0 Å². The Labute approximate surface area is 126 Å². The maximum atomic E-state index is 12.3. The number of ether oxygens (including phenoxy) is 2. The van der Waals surface area contributed by atoms with Gasteiger partial charge >= 0.3 is 0 Å². The van der Waals surface area contributed by atoms with Crippen LogP contribution < -0.4 is 15.2 Å². The Morgan fingerprint density at radius 2 is 1.90 bits per heavy atom. The average Bonchev–Trinajstić information content (AvgIpc) is 2.44. The number of carbonyl (C=O) groups excluding carboxylic acids is 1. The van der Waals surface area contributed by atoms with Gasteiger partial charge in [0.05, 0.1) is 6.04 Å². The summed E-state index contributed by atoms with van der Waals surface area (Å²) in [5.74, 6) is 1.43. The smallest absolute Gasteiger partial charge is 0.240 e. The Bertz CT molecular complexity index is 523. The maximum absolute atomic E-state index is 12.3. The second kappa shape index (κ2) is 5.93. The van der Waals surface area contributed by atoms with Crippen molar-refractivity contribution in [2.24, 2.45) is 11.1 Å². The lowest BCUT2D eigenvalue weighted by atomic mass is 9.86. The normalized spacial score (nSPS) is 15.5. The molecule has 0 aliphatic carbocycles. The monoisotopic (exact) mass is 292 g/mol. The molecule has 0 unspecified atom stereocenters. The van der Waals surface area contributed by atoms with Gasteiger partial charge in [-0.3, -0.25) is 4.79 Å². The van der Waals surface area contributed by atoms with Gasteiger partial charge in [-0.1, -0.05) is 26.8 Å². The van der Waals surface area contributed by atoms with E-state index in [1.54, 1.807) is 11.9 Å². The number of nitrogens with two attached hydrogens (primary N) is 1. The summed E-state index contributed by atoms with van der Waals surface area (Å²) in [5, 5.41) is 0. The van der Waals surface area contributed by atoms with Crippen molar-refractivity contribution in [3.05, 3.63) is 23.8 Å². The summed E-state index contributed by atoms with van der Waals surface area (Å²) in [6.45, 7) is 7.53. The number of carbonyl (C=O) groups is 1. The Balaban J connectivity index is 2.06. The molecule has 2 rings (SSSR count). The van der Waals surface area contributed by atoms with Crippen LogP contribution in [-0.4, -0.2) is 37.1 Å². The number of rotatable bonds is 3. The molecule has 1 atom stereocenters. The number of hydrogen-bond donors (Lipinski definition) is 1. The van der Waals surface area contributed by atoms with Gasteiger partial charge in [0.2, 0.25) is 5.91 Å². The van der Waals surface area contributed by atoms with Crippen LogP contribution in [0.2, 0.25) is 0 Å². The van der Waals surface area contributed by atoms with E-state index in [0.29, 0.717) is 19.8 Å². The predicted molar refractivity (Wildman–Crippen MR) is 81.3 cm³/mol. The van der Waals surface area contributed by atoms with Gasteiger partial charge in [-0.25, -0.2) is 0 Å². The Morgan fingerprint density at radius 1 is 1.29 bits per heavy atom. The number of hydrogen-bond acceptors (Lipinski definition) is 4. The van der Waals surface area contributed by atoms with Crippen molar-refractivity contribution in [2.75, 3.05) is 20.3 Å². The maximum Gasteiger partial charge on any atom is 0.240 e. The third kappa shape index (κ3) is 3.67. The summed E-state index contributed by atoms with van der Waals surface area (Å²) in [6, 6.07) is 5.23. The first kappa shape index (κ1) is 15.6. The molecule has 1 aliphatic heterocycles. The summed E-state index contributed by atoms with van der Waals surface area (Å²) < 4.78 is 11.0. The van der Waals surface area contributed by atoms with E-state index in [4.69, 9.17) is 15.2 Å². The molecule has 0 aromatic heterocycles. The van der Waals surface area contributed by atoms with Gasteiger partial charge in [-0.15, -0.1) is 0 Å². The van der Waals surface area contributed by atoms with E-state index in [1.165, 1.54) is 0 Å². The quantitative estimate of drug-likeness (QED) is 0.922. The Morgan fingerprint density at radius 3 is 2.52 bits per heavy atom. The topological polar surface area (TPSA) is 64.8 Å². The van der Waals surface area contributed by atoms with Gasteiger partial charge < -0.3 is 20.1 Å². The number of amides is 1. The van der Waals surface area contributed by atoms with Crippen LogP contribution in [0.15, 0.2) is 18.2 Å². The molecule has 0 bridgehead atoms. The molecule has 5 heteroatoms. The summed E-state index contributed by atoms with van der Waals surface area (Å²) in [6.07, 6.45) is 0. The van der Waals surface area contributed by atoms with Crippen LogP contribution in [0.25, 0.3) is 0 Å². The summed E-state index contributed by atoms with van der Waals surface area (Å²) in [4.78, 5) is 14.0. The van der Waals surface area contributed by atoms with Crippen LogP contribution in [0.4, 0.5) is 0 Å². The highest BCUT2D eigenvalue weighted by molar-refractivity contribution is 5.82. The van der Waals surface area contributed by atoms with Gasteiger partial charge in [-0.2, -0.15) is 0 Å². The van der Waals surface area contributed by atoms with Crippen molar-refractivity contribution in [2.45, 2.75) is 33.4 Å². The van der Waals surface area contributed by atoms with E-state index in [0.717, 1.165) is 17.1 Å². The average molecular weight is 292 g/mol. The lowest BCUT2D eigenvalue weighted by Crippen LogP contribution is -2.48. The van der Waals surface area contributed by atoms with Gasteiger partial charge in [0.25, 0.3) is 0 Å². The molecule has 1 aliphatic rings. The molecule has 0 spiro atoms. The first-order valence-corrected chi connectivity index (χ1v) is 7.18. The van der Waals surface area contributed by atoms with E-state index in [9.17, 15) is 4.79 Å². The number of likely N-dealkylation sites (N-methyl/N-ethyl adjacent to an activating group) is 1. The van der Waals surface area contributed by atoms with E-state index in [1.807, 2.05) is 39.0 Å². The molecule has 1 heterocycles. The minimum absolute atomic E-state index is 0.0580. The van der Waals surface area contributed by atoms with Crippen molar-refractivity contribution in [1.29, 1.82) is 0 Å². The molecule has 116 valence electrons. The number of benzene rings is 1. The summed E-state index contributed by atoms with van der Waals surface area (Å²) in [7, 11) is 1.77. The summed E-state index contributed by atoms with van der Waals surface area (Å²) in [5.41, 5.74) is 6.77. The zero-order chi connectivity index (χ0) is 15.6. The van der Waals surface area contributed by atoms with Crippen LogP contribution in [0.5, 0.6) is 11.5 Å². The molecule has 0 saturated carbocycles. The molecule has 0 fully saturated rings. The van der Waals surface area contributed by atoms with E-state index < -0.39 is 6.04 Å². The SMILES string of the molecule is CN(Cc1ccc2c(c1)OCCO2)C(=O)[C@H](N)C(C)(C)C. The van der Waals surface area contributed by atoms with E-state index >= 15 is 0 Å². The Hall–Kier alpha value is -1.75. The van der Waals surface area contributed by atoms with Crippen molar-refractivity contribution in [1.82, 2.24) is 4.90 Å². The zero-order valence-electron chi connectivity index (χ0n) is 13.2. The predicted octanol–water partition coefficient (Wildman–Crippen LogP) is 1.79. The van der Waals surface area contributed by atoms with Crippen molar-refractivity contribution >= 4 is 5.91 Å². The molecule has 2 N–H and O–H groups in total. The summed E-state index contributed by atoms with van der Waals surface area (Å²) >= 11 is 0. The molecule has 0 radical (unpaired) electrons. The fraction of sp³-hybridized carbons (Fsp3) is 0.562. The van der Waals surface area contributed by atoms with Crippen molar-refractivity contribution < 1.29 is 14.3 Å².